The molecule has 0 amide bonds. The molecule has 3 nitrogen and oxygen atoms in total. The van der Waals surface area contributed by atoms with Crippen LogP contribution in [0.25, 0.3) is 0 Å². The van der Waals surface area contributed by atoms with Gasteiger partial charge in [0.05, 0.1) is 0 Å². The standard InChI is InChI=1S/C17H27N3S/c1-19-8-10-20(11-9-19)12-13-21-17-6-2-15(3-7-17)14-18-16-4-5-16/h2-3,6-7,16,18H,4-5,8-14H2,1H3. The molecule has 2 aliphatic rings. The van der Waals surface area contributed by atoms with Crippen LogP contribution in [-0.2, 0) is 6.54 Å². The predicted octanol–water partition coefficient (Wildman–Crippen LogP) is 2.28. The Bertz CT molecular complexity index is 422. The lowest BCUT2D eigenvalue weighted by molar-refractivity contribution is 0.161. The molecule has 1 N–H and O–H groups in total. The molecule has 1 aromatic rings. The van der Waals surface area contributed by atoms with Crippen LogP contribution in [0.2, 0.25) is 0 Å². The Labute approximate surface area is 133 Å². The molecule has 21 heavy (non-hydrogen) atoms. The molecular formula is C17H27N3S. The van der Waals surface area contributed by atoms with Gasteiger partial charge in [0.1, 0.15) is 0 Å². The van der Waals surface area contributed by atoms with Crippen LogP contribution in [-0.4, -0.2) is 61.4 Å². The molecule has 0 atom stereocenters. The van der Waals surface area contributed by atoms with Crippen LogP contribution in [0, 0.1) is 0 Å². The van der Waals surface area contributed by atoms with E-state index in [4.69, 9.17) is 0 Å². The molecule has 0 bridgehead atoms. The van der Waals surface area contributed by atoms with Crippen molar-refractivity contribution in [3.05, 3.63) is 29.8 Å². The summed E-state index contributed by atoms with van der Waals surface area (Å²) in [5.74, 6) is 1.20. The zero-order valence-corrected chi connectivity index (χ0v) is 13.9. The first kappa shape index (κ1) is 15.3. The van der Waals surface area contributed by atoms with E-state index >= 15 is 0 Å². The number of hydrogen-bond donors (Lipinski definition) is 1. The molecule has 1 saturated carbocycles. The van der Waals surface area contributed by atoms with Crippen molar-refractivity contribution < 1.29 is 0 Å². The van der Waals surface area contributed by atoms with Gasteiger partial charge in [-0.25, -0.2) is 0 Å². The molecule has 0 unspecified atom stereocenters. The number of benzene rings is 1. The summed E-state index contributed by atoms with van der Waals surface area (Å²) in [6, 6.07) is 9.89. The zero-order valence-electron chi connectivity index (χ0n) is 13.1. The lowest BCUT2D eigenvalue weighted by atomic mass is 10.2. The van der Waals surface area contributed by atoms with Gasteiger partial charge in [0.15, 0.2) is 0 Å². The van der Waals surface area contributed by atoms with Crippen molar-refractivity contribution >= 4 is 11.8 Å². The van der Waals surface area contributed by atoms with Crippen LogP contribution in [0.3, 0.4) is 0 Å². The Hall–Kier alpha value is -0.550. The number of hydrogen-bond acceptors (Lipinski definition) is 4. The monoisotopic (exact) mass is 305 g/mol. The van der Waals surface area contributed by atoms with E-state index in [9.17, 15) is 0 Å². The molecule has 4 heteroatoms. The van der Waals surface area contributed by atoms with E-state index in [1.807, 2.05) is 11.8 Å². The Morgan fingerprint density at radius 3 is 2.48 bits per heavy atom. The van der Waals surface area contributed by atoms with Crippen molar-refractivity contribution in [3.8, 4) is 0 Å². The average molecular weight is 305 g/mol. The Kier molecular flexibility index (Phi) is 5.58. The predicted molar refractivity (Wildman–Crippen MR) is 91.0 cm³/mol. The summed E-state index contributed by atoms with van der Waals surface area (Å²) in [6.07, 6.45) is 2.72. The van der Waals surface area contributed by atoms with Crippen molar-refractivity contribution in [2.75, 3.05) is 45.5 Å². The SMILES string of the molecule is CN1CCN(CCSc2ccc(CNC3CC3)cc2)CC1. The topological polar surface area (TPSA) is 18.5 Å². The number of rotatable bonds is 7. The molecule has 0 spiro atoms. The second-order valence-corrected chi connectivity index (χ2v) is 7.46. The van der Waals surface area contributed by atoms with Crippen LogP contribution < -0.4 is 5.32 Å². The molecule has 1 aromatic carbocycles. The van der Waals surface area contributed by atoms with Crippen LogP contribution in [0.5, 0.6) is 0 Å². The summed E-state index contributed by atoms with van der Waals surface area (Å²) in [6.45, 7) is 7.12. The first-order valence-electron chi connectivity index (χ1n) is 8.15. The lowest BCUT2D eigenvalue weighted by Gasteiger charge is -2.32. The van der Waals surface area contributed by atoms with E-state index in [1.54, 1.807) is 0 Å². The van der Waals surface area contributed by atoms with Gasteiger partial charge in [-0.3, -0.25) is 4.90 Å². The third kappa shape index (κ3) is 5.29. The fourth-order valence-electron chi connectivity index (χ4n) is 2.62. The Morgan fingerprint density at radius 1 is 1.10 bits per heavy atom. The number of nitrogens with zero attached hydrogens (tertiary/aromatic N) is 2. The number of likely N-dealkylation sites (N-methyl/N-ethyl adjacent to an activating group) is 1. The van der Waals surface area contributed by atoms with E-state index in [2.05, 4.69) is 46.4 Å². The summed E-state index contributed by atoms with van der Waals surface area (Å²) in [4.78, 5) is 6.40. The second-order valence-electron chi connectivity index (χ2n) is 6.29. The van der Waals surface area contributed by atoms with Crippen molar-refractivity contribution in [1.82, 2.24) is 15.1 Å². The van der Waals surface area contributed by atoms with Crippen LogP contribution in [0.15, 0.2) is 29.2 Å². The lowest BCUT2D eigenvalue weighted by Crippen LogP contribution is -2.45. The quantitative estimate of drug-likeness (QED) is 0.779. The average Bonchev–Trinajstić information content (AvgIpc) is 3.33. The largest absolute Gasteiger partial charge is 0.310 e. The molecule has 0 radical (unpaired) electrons. The van der Waals surface area contributed by atoms with Gasteiger partial charge >= 0.3 is 0 Å². The van der Waals surface area contributed by atoms with E-state index in [0.717, 1.165) is 12.6 Å². The zero-order chi connectivity index (χ0) is 14.5. The highest BCUT2D eigenvalue weighted by Gasteiger charge is 2.19. The number of nitrogens with one attached hydrogen (secondary N) is 1. The van der Waals surface area contributed by atoms with Crippen molar-refractivity contribution in [3.63, 3.8) is 0 Å². The Morgan fingerprint density at radius 2 is 1.81 bits per heavy atom. The first-order chi connectivity index (χ1) is 10.3. The maximum absolute atomic E-state index is 3.56. The summed E-state index contributed by atoms with van der Waals surface area (Å²) >= 11 is 1.98. The molecule has 2 fully saturated rings. The third-order valence-electron chi connectivity index (χ3n) is 4.37. The van der Waals surface area contributed by atoms with Gasteiger partial charge in [-0.05, 0) is 37.6 Å². The fraction of sp³-hybridized carbons (Fsp3) is 0.647. The maximum atomic E-state index is 3.56. The van der Waals surface area contributed by atoms with Crippen molar-refractivity contribution in [1.29, 1.82) is 0 Å². The number of piperazine rings is 1. The molecule has 1 aliphatic heterocycles. The smallest absolute Gasteiger partial charge is 0.0208 e. The molecule has 116 valence electrons. The van der Waals surface area contributed by atoms with Gasteiger partial charge in [0.25, 0.3) is 0 Å². The van der Waals surface area contributed by atoms with Gasteiger partial charge in [-0.1, -0.05) is 12.1 Å². The summed E-state index contributed by atoms with van der Waals surface area (Å²) in [5.41, 5.74) is 1.41. The highest BCUT2D eigenvalue weighted by molar-refractivity contribution is 7.99. The van der Waals surface area contributed by atoms with Gasteiger partial charge < -0.3 is 10.2 Å². The molecular weight excluding hydrogens is 278 g/mol. The van der Waals surface area contributed by atoms with Crippen molar-refractivity contribution in [2.45, 2.75) is 30.3 Å². The highest BCUT2D eigenvalue weighted by Crippen LogP contribution is 2.21. The fourth-order valence-corrected chi connectivity index (χ4v) is 3.53. The van der Waals surface area contributed by atoms with Gasteiger partial charge in [0, 0.05) is 56.0 Å². The van der Waals surface area contributed by atoms with Gasteiger partial charge in [-0.2, -0.15) is 0 Å². The van der Waals surface area contributed by atoms with Crippen molar-refractivity contribution in [2.24, 2.45) is 0 Å². The maximum Gasteiger partial charge on any atom is 0.0208 e. The highest BCUT2D eigenvalue weighted by atomic mass is 32.2. The van der Waals surface area contributed by atoms with Crippen LogP contribution in [0.4, 0.5) is 0 Å². The van der Waals surface area contributed by atoms with E-state index < -0.39 is 0 Å². The number of thioether (sulfide) groups is 1. The minimum atomic E-state index is 0.794. The Balaban J connectivity index is 1.34. The normalized spacial score (nSPS) is 20.8. The van der Waals surface area contributed by atoms with Gasteiger partial charge in [0.2, 0.25) is 0 Å². The third-order valence-corrected chi connectivity index (χ3v) is 5.36. The van der Waals surface area contributed by atoms with E-state index in [-0.39, 0.29) is 0 Å². The summed E-state index contributed by atoms with van der Waals surface area (Å²) < 4.78 is 0. The van der Waals surface area contributed by atoms with Crippen LogP contribution >= 0.6 is 11.8 Å². The molecule has 0 aromatic heterocycles. The van der Waals surface area contributed by atoms with Crippen LogP contribution in [0.1, 0.15) is 18.4 Å². The second kappa shape index (κ2) is 7.63. The minimum absolute atomic E-state index is 0.794. The summed E-state index contributed by atoms with van der Waals surface area (Å²) in [5, 5.41) is 3.56. The van der Waals surface area contributed by atoms with E-state index in [1.165, 1.54) is 61.8 Å². The minimum Gasteiger partial charge on any atom is -0.310 e. The van der Waals surface area contributed by atoms with E-state index in [0.29, 0.717) is 0 Å². The molecule has 1 saturated heterocycles. The molecule has 1 heterocycles. The molecule has 1 aliphatic carbocycles. The first-order valence-corrected chi connectivity index (χ1v) is 9.14. The van der Waals surface area contributed by atoms with Gasteiger partial charge in [-0.15, -0.1) is 11.8 Å². The summed E-state index contributed by atoms with van der Waals surface area (Å²) in [7, 11) is 2.21. The molecule has 3 rings (SSSR count).